The molecule has 0 saturated carbocycles. The van der Waals surface area contributed by atoms with Crippen LogP contribution in [-0.4, -0.2) is 25.5 Å². The van der Waals surface area contributed by atoms with Crippen molar-refractivity contribution >= 4 is 40.1 Å². The highest BCUT2D eigenvalue weighted by atomic mass is 127. The zero-order valence-corrected chi connectivity index (χ0v) is 12.6. The van der Waals surface area contributed by atoms with Gasteiger partial charge in [0.1, 0.15) is 0 Å². The molecular formula is C12H16ClIN2O. The predicted molar refractivity (Wildman–Crippen MR) is 79.7 cm³/mol. The maximum atomic E-state index is 11.9. The van der Waals surface area contributed by atoms with Crippen molar-refractivity contribution < 1.29 is 4.79 Å². The van der Waals surface area contributed by atoms with Crippen molar-refractivity contribution in [1.82, 2.24) is 10.6 Å². The number of rotatable bonds is 6. The molecule has 0 aliphatic carbocycles. The number of amides is 1. The largest absolute Gasteiger partial charge is 0.352 e. The van der Waals surface area contributed by atoms with Gasteiger partial charge in [0, 0.05) is 15.1 Å². The molecule has 0 aliphatic heterocycles. The zero-order chi connectivity index (χ0) is 12.7. The first kappa shape index (κ1) is 14.7. The molecule has 94 valence electrons. The van der Waals surface area contributed by atoms with Crippen molar-refractivity contribution in [2.45, 2.75) is 13.3 Å². The van der Waals surface area contributed by atoms with Gasteiger partial charge >= 0.3 is 0 Å². The molecule has 1 aromatic carbocycles. The maximum absolute atomic E-state index is 11.9. The second-order valence-corrected chi connectivity index (χ2v) is 5.19. The molecule has 3 nitrogen and oxygen atoms in total. The molecule has 0 unspecified atom stereocenters. The lowest BCUT2D eigenvalue weighted by atomic mass is 10.2. The van der Waals surface area contributed by atoms with Crippen molar-refractivity contribution in [2.24, 2.45) is 0 Å². The van der Waals surface area contributed by atoms with Gasteiger partial charge in [0.2, 0.25) is 0 Å². The van der Waals surface area contributed by atoms with E-state index in [4.69, 9.17) is 11.6 Å². The fourth-order valence-electron chi connectivity index (χ4n) is 1.36. The monoisotopic (exact) mass is 366 g/mol. The highest BCUT2D eigenvalue weighted by Crippen LogP contribution is 2.17. The Labute approximate surface area is 120 Å². The van der Waals surface area contributed by atoms with Gasteiger partial charge in [0.05, 0.1) is 5.56 Å². The summed E-state index contributed by atoms with van der Waals surface area (Å²) in [6.45, 7) is 4.62. The molecule has 0 aromatic heterocycles. The number of nitrogens with one attached hydrogen (secondary N) is 2. The Bertz CT molecular complexity index is 385. The normalized spacial score (nSPS) is 10.3. The van der Waals surface area contributed by atoms with Crippen LogP contribution in [0.3, 0.4) is 0 Å². The van der Waals surface area contributed by atoms with E-state index >= 15 is 0 Å². The lowest BCUT2D eigenvalue weighted by Gasteiger charge is -2.07. The second-order valence-electron chi connectivity index (χ2n) is 3.59. The topological polar surface area (TPSA) is 41.1 Å². The molecule has 0 fully saturated rings. The number of hydrogen-bond acceptors (Lipinski definition) is 2. The molecule has 17 heavy (non-hydrogen) atoms. The summed E-state index contributed by atoms with van der Waals surface area (Å²) < 4.78 is 0.913. The maximum Gasteiger partial charge on any atom is 0.252 e. The third-order valence-electron chi connectivity index (χ3n) is 2.24. The average molecular weight is 367 g/mol. The van der Waals surface area contributed by atoms with Gasteiger partial charge in [-0.1, -0.05) is 18.5 Å². The molecule has 1 amide bonds. The number of carbonyl (C=O) groups excluding carboxylic acids is 1. The summed E-state index contributed by atoms with van der Waals surface area (Å²) in [5, 5.41) is 6.68. The minimum Gasteiger partial charge on any atom is -0.352 e. The van der Waals surface area contributed by atoms with Gasteiger partial charge in [-0.2, -0.15) is 0 Å². The Hall–Kier alpha value is -0.330. The lowest BCUT2D eigenvalue weighted by molar-refractivity contribution is 0.0952. The van der Waals surface area contributed by atoms with Crippen LogP contribution in [0, 0.1) is 3.57 Å². The van der Waals surface area contributed by atoms with E-state index in [1.807, 2.05) is 6.07 Å². The van der Waals surface area contributed by atoms with Gasteiger partial charge in [-0.05, 0) is 60.3 Å². The van der Waals surface area contributed by atoms with E-state index in [0.717, 1.165) is 23.1 Å². The summed E-state index contributed by atoms with van der Waals surface area (Å²) in [5.74, 6) is -0.0617. The van der Waals surface area contributed by atoms with Crippen LogP contribution in [-0.2, 0) is 0 Å². The first-order chi connectivity index (χ1) is 8.15. The Morgan fingerprint density at radius 2 is 2.18 bits per heavy atom. The summed E-state index contributed by atoms with van der Waals surface area (Å²) in [4.78, 5) is 11.9. The Balaban J connectivity index is 2.44. The van der Waals surface area contributed by atoms with Crippen LogP contribution in [0.1, 0.15) is 23.7 Å². The van der Waals surface area contributed by atoms with Crippen LogP contribution >= 0.6 is 34.2 Å². The van der Waals surface area contributed by atoms with E-state index in [1.54, 1.807) is 12.1 Å². The van der Waals surface area contributed by atoms with Gasteiger partial charge < -0.3 is 10.6 Å². The van der Waals surface area contributed by atoms with Gasteiger partial charge in [0.15, 0.2) is 0 Å². The summed E-state index contributed by atoms with van der Waals surface area (Å²) in [6, 6.07) is 5.32. The number of halogens is 2. The molecule has 0 bridgehead atoms. The number of hydrogen-bond donors (Lipinski definition) is 2. The fourth-order valence-corrected chi connectivity index (χ4v) is 2.11. The summed E-state index contributed by atoms with van der Waals surface area (Å²) >= 11 is 8.00. The first-order valence-corrected chi connectivity index (χ1v) is 7.04. The first-order valence-electron chi connectivity index (χ1n) is 5.59. The van der Waals surface area contributed by atoms with Crippen LogP contribution in [0.15, 0.2) is 18.2 Å². The predicted octanol–water partition coefficient (Wildman–Crippen LogP) is 2.67. The van der Waals surface area contributed by atoms with E-state index in [2.05, 4.69) is 40.1 Å². The standard InChI is InChI=1S/C12H16ClIN2O/c1-2-15-6-3-7-16-12(17)10-8-9(13)4-5-11(10)14/h4-5,8,15H,2-3,6-7H2,1H3,(H,16,17). The van der Waals surface area contributed by atoms with E-state index in [0.29, 0.717) is 17.1 Å². The van der Waals surface area contributed by atoms with Crippen LogP contribution in [0.4, 0.5) is 0 Å². The summed E-state index contributed by atoms with van der Waals surface area (Å²) in [6.07, 6.45) is 0.927. The zero-order valence-electron chi connectivity index (χ0n) is 9.72. The highest BCUT2D eigenvalue weighted by Gasteiger charge is 2.09. The van der Waals surface area contributed by atoms with Crippen LogP contribution in [0.5, 0.6) is 0 Å². The highest BCUT2D eigenvalue weighted by molar-refractivity contribution is 14.1. The molecule has 0 radical (unpaired) electrons. The molecule has 0 saturated heterocycles. The summed E-state index contributed by atoms with van der Waals surface area (Å²) in [7, 11) is 0. The Kier molecular flexibility index (Phi) is 6.84. The molecule has 1 rings (SSSR count). The van der Waals surface area contributed by atoms with Crippen molar-refractivity contribution in [3.05, 3.63) is 32.4 Å². The molecule has 5 heteroatoms. The molecule has 0 atom stereocenters. The van der Waals surface area contributed by atoms with E-state index in [-0.39, 0.29) is 5.91 Å². The van der Waals surface area contributed by atoms with E-state index < -0.39 is 0 Å². The smallest absolute Gasteiger partial charge is 0.252 e. The molecule has 0 heterocycles. The van der Waals surface area contributed by atoms with Crippen molar-refractivity contribution in [1.29, 1.82) is 0 Å². The molecule has 0 spiro atoms. The minimum atomic E-state index is -0.0617. The third-order valence-corrected chi connectivity index (χ3v) is 3.41. The van der Waals surface area contributed by atoms with Crippen molar-refractivity contribution in [3.63, 3.8) is 0 Å². The third kappa shape index (κ3) is 5.23. The summed E-state index contributed by atoms with van der Waals surface area (Å²) in [5.41, 5.74) is 0.640. The fraction of sp³-hybridized carbons (Fsp3) is 0.417. The van der Waals surface area contributed by atoms with Gasteiger partial charge in [-0.15, -0.1) is 0 Å². The molecular weight excluding hydrogens is 351 g/mol. The van der Waals surface area contributed by atoms with Crippen molar-refractivity contribution in [3.8, 4) is 0 Å². The second kappa shape index (κ2) is 7.89. The molecule has 0 aliphatic rings. The van der Waals surface area contributed by atoms with Crippen LogP contribution < -0.4 is 10.6 Å². The quantitative estimate of drug-likeness (QED) is 0.600. The van der Waals surface area contributed by atoms with Gasteiger partial charge in [-0.25, -0.2) is 0 Å². The average Bonchev–Trinajstić information content (AvgIpc) is 2.32. The molecule has 2 N–H and O–H groups in total. The SMILES string of the molecule is CCNCCCNC(=O)c1cc(Cl)ccc1I. The Morgan fingerprint density at radius 1 is 1.41 bits per heavy atom. The van der Waals surface area contributed by atoms with Gasteiger partial charge in [-0.3, -0.25) is 4.79 Å². The number of carbonyl (C=O) groups is 1. The minimum absolute atomic E-state index is 0.0617. The Morgan fingerprint density at radius 3 is 2.88 bits per heavy atom. The van der Waals surface area contributed by atoms with E-state index in [9.17, 15) is 4.79 Å². The van der Waals surface area contributed by atoms with Crippen LogP contribution in [0.25, 0.3) is 0 Å². The number of benzene rings is 1. The van der Waals surface area contributed by atoms with Crippen molar-refractivity contribution in [2.75, 3.05) is 19.6 Å². The van der Waals surface area contributed by atoms with Gasteiger partial charge in [0.25, 0.3) is 5.91 Å². The van der Waals surface area contributed by atoms with E-state index in [1.165, 1.54) is 0 Å². The van der Waals surface area contributed by atoms with Crippen LogP contribution in [0.2, 0.25) is 5.02 Å². The lowest BCUT2D eigenvalue weighted by Crippen LogP contribution is -2.27. The molecule has 1 aromatic rings.